The highest BCUT2D eigenvalue weighted by Crippen LogP contribution is 2.22. The Morgan fingerprint density at radius 1 is 1.25 bits per heavy atom. The zero-order chi connectivity index (χ0) is 22.5. The van der Waals surface area contributed by atoms with Crippen molar-refractivity contribution in [2.75, 3.05) is 31.8 Å². The normalized spacial score (nSPS) is 18.2. The van der Waals surface area contributed by atoms with E-state index in [-0.39, 0.29) is 30.3 Å². The van der Waals surface area contributed by atoms with Crippen molar-refractivity contribution in [1.29, 1.82) is 0 Å². The van der Waals surface area contributed by atoms with Crippen molar-refractivity contribution in [1.82, 2.24) is 10.3 Å². The third-order valence-corrected chi connectivity index (χ3v) is 5.62. The lowest BCUT2D eigenvalue weighted by Crippen LogP contribution is -2.56. The van der Waals surface area contributed by atoms with Crippen molar-refractivity contribution in [3.05, 3.63) is 59.7 Å². The molecule has 0 aliphatic carbocycles. The molecule has 2 aliphatic rings. The molecular weight excluding hydrogens is 408 g/mol. The first-order chi connectivity index (χ1) is 15.5. The molecule has 8 heteroatoms. The van der Waals surface area contributed by atoms with Gasteiger partial charge in [0.2, 0.25) is 5.84 Å². The van der Waals surface area contributed by atoms with Crippen LogP contribution in [0, 0.1) is 6.92 Å². The van der Waals surface area contributed by atoms with Crippen LogP contribution in [0.4, 0.5) is 5.69 Å². The van der Waals surface area contributed by atoms with Gasteiger partial charge in [0.1, 0.15) is 12.3 Å². The Balaban J connectivity index is 1.56. The summed E-state index contributed by atoms with van der Waals surface area (Å²) in [6.07, 6.45) is 1.87. The van der Waals surface area contributed by atoms with Gasteiger partial charge in [-0.05, 0) is 38.0 Å². The molecule has 2 aliphatic heterocycles. The van der Waals surface area contributed by atoms with Crippen molar-refractivity contribution >= 4 is 23.3 Å². The van der Waals surface area contributed by atoms with Gasteiger partial charge >= 0.3 is 0 Å². The van der Waals surface area contributed by atoms with Gasteiger partial charge in [-0.1, -0.05) is 35.9 Å². The average molecular weight is 437 g/mol. The summed E-state index contributed by atoms with van der Waals surface area (Å²) < 4.78 is 11.3. The second-order valence-corrected chi connectivity index (χ2v) is 7.97. The van der Waals surface area contributed by atoms with Crippen LogP contribution in [0.15, 0.2) is 53.5 Å². The number of methoxy groups -OCH3 is 1. The monoisotopic (exact) mass is 436 g/mol. The number of amides is 2. The Morgan fingerprint density at radius 2 is 2.03 bits per heavy atom. The number of amidine groups is 1. The van der Waals surface area contributed by atoms with Gasteiger partial charge in [-0.25, -0.2) is 5.01 Å². The van der Waals surface area contributed by atoms with E-state index in [4.69, 9.17) is 9.47 Å². The molecular formula is C24H28N4O4. The predicted octanol–water partition coefficient (Wildman–Crippen LogP) is 2.46. The maximum Gasteiger partial charge on any atom is 0.291 e. The topological polar surface area (TPSA) is 83.5 Å². The number of carbonyl (C=O) groups is 2. The fourth-order valence-electron chi connectivity index (χ4n) is 3.88. The molecule has 0 radical (unpaired) electrons. The van der Waals surface area contributed by atoms with Gasteiger partial charge in [-0.2, -0.15) is 0 Å². The van der Waals surface area contributed by atoms with Gasteiger partial charge < -0.3 is 14.4 Å². The van der Waals surface area contributed by atoms with Gasteiger partial charge in [0.25, 0.3) is 11.8 Å². The van der Waals surface area contributed by atoms with E-state index < -0.39 is 0 Å². The maximum atomic E-state index is 13.5. The highest BCUT2D eigenvalue weighted by Gasteiger charge is 2.31. The van der Waals surface area contributed by atoms with Crippen LogP contribution in [0.5, 0.6) is 5.75 Å². The molecule has 168 valence electrons. The van der Waals surface area contributed by atoms with Crippen molar-refractivity contribution in [3.8, 4) is 5.75 Å². The average Bonchev–Trinajstić information content (AvgIpc) is 3.33. The van der Waals surface area contributed by atoms with Crippen LogP contribution in [0.2, 0.25) is 0 Å². The van der Waals surface area contributed by atoms with Crippen molar-refractivity contribution in [3.63, 3.8) is 0 Å². The Morgan fingerprint density at radius 3 is 2.75 bits per heavy atom. The Bertz CT molecular complexity index is 999. The summed E-state index contributed by atoms with van der Waals surface area (Å²) >= 11 is 0. The van der Waals surface area contributed by atoms with E-state index >= 15 is 0 Å². The summed E-state index contributed by atoms with van der Waals surface area (Å²) in [6, 6.07) is 15.1. The fourth-order valence-corrected chi connectivity index (χ4v) is 3.88. The second-order valence-electron chi connectivity index (χ2n) is 7.97. The highest BCUT2D eigenvalue weighted by atomic mass is 16.5. The van der Waals surface area contributed by atoms with Gasteiger partial charge in [0, 0.05) is 25.3 Å². The summed E-state index contributed by atoms with van der Waals surface area (Å²) in [7, 11) is 1.61. The summed E-state index contributed by atoms with van der Waals surface area (Å²) in [6.45, 7) is 3.38. The quantitative estimate of drug-likeness (QED) is 0.721. The van der Waals surface area contributed by atoms with Crippen LogP contribution in [0.3, 0.4) is 0 Å². The number of rotatable bonds is 7. The van der Waals surface area contributed by atoms with Gasteiger partial charge in [0.05, 0.1) is 18.9 Å². The molecule has 0 spiro atoms. The summed E-state index contributed by atoms with van der Waals surface area (Å²) in [5.41, 5.74) is 5.57. The molecule has 4 rings (SSSR count). The van der Waals surface area contributed by atoms with Gasteiger partial charge in [-0.15, -0.1) is 0 Å². The standard InChI is InChI=1S/C24H28N4O4/c1-17-9-11-19(12-10-17)28-22(29)14-25-23(26-28)24(30)27(16-20-7-5-13-32-20)15-18-6-3-4-8-21(18)31-2/h3-4,6,8-12,20H,5,7,13-16H2,1-2H3,(H,25,26). The molecule has 1 fully saturated rings. The zero-order valence-corrected chi connectivity index (χ0v) is 18.4. The Labute approximate surface area is 187 Å². The Hall–Kier alpha value is -3.39. The number of aliphatic imine (C=N–C) groups is 1. The molecule has 1 N–H and O–H groups in total. The first-order valence-corrected chi connectivity index (χ1v) is 10.8. The lowest BCUT2D eigenvalue weighted by Gasteiger charge is -2.31. The molecule has 1 unspecified atom stereocenters. The number of carbonyl (C=O) groups excluding carboxylic acids is 2. The molecule has 32 heavy (non-hydrogen) atoms. The first kappa shape index (κ1) is 21.8. The minimum Gasteiger partial charge on any atom is -0.496 e. The minimum absolute atomic E-state index is 0.0207. The van der Waals surface area contributed by atoms with Gasteiger partial charge in [-0.3, -0.25) is 20.0 Å². The van der Waals surface area contributed by atoms with E-state index in [1.807, 2.05) is 55.5 Å². The number of nitrogens with one attached hydrogen (secondary N) is 1. The number of hydrazine groups is 1. The highest BCUT2D eigenvalue weighted by molar-refractivity contribution is 6.39. The van der Waals surface area contributed by atoms with Crippen LogP contribution in [-0.2, 0) is 20.9 Å². The van der Waals surface area contributed by atoms with Crippen molar-refractivity contribution < 1.29 is 19.1 Å². The largest absolute Gasteiger partial charge is 0.496 e. The van der Waals surface area contributed by atoms with Crippen LogP contribution in [0.25, 0.3) is 0 Å². The minimum atomic E-state index is -0.281. The maximum absolute atomic E-state index is 13.5. The predicted molar refractivity (Wildman–Crippen MR) is 121 cm³/mol. The van der Waals surface area contributed by atoms with E-state index in [2.05, 4.69) is 10.4 Å². The van der Waals surface area contributed by atoms with Crippen LogP contribution >= 0.6 is 0 Å². The van der Waals surface area contributed by atoms with E-state index in [0.717, 1.165) is 24.0 Å². The number of ether oxygens (including phenoxy) is 2. The molecule has 1 saturated heterocycles. The number of para-hydroxylation sites is 1. The molecule has 2 amide bonds. The van der Waals surface area contributed by atoms with Gasteiger partial charge in [0.15, 0.2) is 0 Å². The van der Waals surface area contributed by atoms with Crippen LogP contribution in [-0.4, -0.2) is 55.5 Å². The summed E-state index contributed by atoms with van der Waals surface area (Å²) in [4.78, 5) is 31.9. The third-order valence-electron chi connectivity index (χ3n) is 5.62. The lowest BCUT2D eigenvalue weighted by molar-refractivity contribution is -0.126. The molecule has 2 heterocycles. The van der Waals surface area contributed by atoms with E-state index in [9.17, 15) is 9.59 Å². The second kappa shape index (κ2) is 9.82. The molecule has 2 aromatic rings. The molecule has 0 bridgehead atoms. The number of aryl methyl sites for hydroxylation is 1. The van der Waals surface area contributed by atoms with Crippen LogP contribution < -0.4 is 15.2 Å². The van der Waals surface area contributed by atoms with E-state index in [0.29, 0.717) is 31.1 Å². The molecule has 2 aromatic carbocycles. The zero-order valence-electron chi connectivity index (χ0n) is 18.4. The molecule has 1 atom stereocenters. The molecule has 8 nitrogen and oxygen atoms in total. The SMILES string of the molecule is COc1ccccc1CN(CC1CCCO1)C(=O)C1=NCC(=O)N(c2ccc(C)cc2)N1. The number of benzene rings is 2. The molecule has 0 aromatic heterocycles. The third kappa shape index (κ3) is 4.91. The van der Waals surface area contributed by atoms with Crippen LogP contribution in [0.1, 0.15) is 24.0 Å². The summed E-state index contributed by atoms with van der Waals surface area (Å²) in [5.74, 6) is 0.350. The first-order valence-electron chi connectivity index (χ1n) is 10.8. The number of anilines is 1. The lowest BCUT2D eigenvalue weighted by atomic mass is 10.1. The van der Waals surface area contributed by atoms with E-state index in [1.54, 1.807) is 12.0 Å². The Kier molecular flexibility index (Phi) is 6.70. The molecule has 0 saturated carbocycles. The van der Waals surface area contributed by atoms with Crippen molar-refractivity contribution in [2.45, 2.75) is 32.4 Å². The number of hydrogen-bond donors (Lipinski definition) is 1. The van der Waals surface area contributed by atoms with E-state index in [1.165, 1.54) is 5.01 Å². The number of hydrogen-bond acceptors (Lipinski definition) is 6. The number of nitrogens with zero attached hydrogens (tertiary/aromatic N) is 3. The smallest absolute Gasteiger partial charge is 0.291 e. The summed E-state index contributed by atoms with van der Waals surface area (Å²) in [5, 5.41) is 1.38. The van der Waals surface area contributed by atoms with Crippen molar-refractivity contribution in [2.24, 2.45) is 4.99 Å². The fraction of sp³-hybridized carbons (Fsp3) is 0.375.